The van der Waals surface area contributed by atoms with Crippen molar-refractivity contribution in [1.82, 2.24) is 0 Å². The van der Waals surface area contributed by atoms with Crippen LogP contribution in [-0.4, -0.2) is 15.8 Å². The van der Waals surface area contributed by atoms with Crippen molar-refractivity contribution < 1.29 is 10.1 Å². The molecule has 5 nitrogen and oxygen atoms in total. The molecule has 0 aromatic heterocycles. The lowest BCUT2D eigenvalue weighted by atomic mass is 10.1. The van der Waals surface area contributed by atoms with Crippen LogP contribution >= 0.6 is 15.9 Å². The monoisotopic (exact) mass is 318 g/mol. The topological polar surface area (TPSA) is 75.7 Å². The predicted octanol–water partition coefficient (Wildman–Crippen LogP) is 3.56. The number of oxime groups is 1. The summed E-state index contributed by atoms with van der Waals surface area (Å²) in [5, 5.41) is 23.3. The van der Waals surface area contributed by atoms with Gasteiger partial charge in [0.25, 0.3) is 5.69 Å². The smallest absolute Gasteiger partial charge is 0.270 e. The SMILES string of the molecule is O=[N+]([O-])c1ccc2c(c1)/C(=N/O)c1cc(Br)ccc1-2. The highest BCUT2D eigenvalue weighted by atomic mass is 79.9. The van der Waals surface area contributed by atoms with Crippen LogP contribution in [0.1, 0.15) is 11.1 Å². The third-order valence-electron chi connectivity index (χ3n) is 3.10. The molecule has 0 saturated carbocycles. The minimum Gasteiger partial charge on any atom is -0.410 e. The fraction of sp³-hybridized carbons (Fsp3) is 0. The first-order valence-electron chi connectivity index (χ1n) is 5.43. The van der Waals surface area contributed by atoms with Crippen molar-refractivity contribution >= 4 is 27.3 Å². The van der Waals surface area contributed by atoms with Gasteiger partial charge in [0.2, 0.25) is 0 Å². The maximum Gasteiger partial charge on any atom is 0.270 e. The minimum atomic E-state index is -0.464. The first kappa shape index (κ1) is 11.9. The molecule has 0 saturated heterocycles. The van der Waals surface area contributed by atoms with E-state index in [2.05, 4.69) is 21.1 Å². The summed E-state index contributed by atoms with van der Waals surface area (Å²) < 4.78 is 0.856. The maximum absolute atomic E-state index is 10.8. The van der Waals surface area contributed by atoms with Crippen LogP contribution in [0.15, 0.2) is 46.0 Å². The molecule has 0 fully saturated rings. The Bertz CT molecular complexity index is 741. The summed E-state index contributed by atoms with van der Waals surface area (Å²) in [5.74, 6) is 0. The second-order valence-corrected chi connectivity index (χ2v) is 5.04. The van der Waals surface area contributed by atoms with E-state index in [0.29, 0.717) is 11.3 Å². The molecule has 0 unspecified atom stereocenters. The summed E-state index contributed by atoms with van der Waals surface area (Å²) in [6, 6.07) is 10.2. The number of halogens is 1. The molecule has 94 valence electrons. The van der Waals surface area contributed by atoms with Crippen LogP contribution in [0.3, 0.4) is 0 Å². The number of nitrogens with zero attached hydrogens (tertiary/aromatic N) is 2. The third-order valence-corrected chi connectivity index (χ3v) is 3.59. The van der Waals surface area contributed by atoms with Gasteiger partial charge in [-0.3, -0.25) is 10.1 Å². The third kappa shape index (κ3) is 1.72. The van der Waals surface area contributed by atoms with Crippen molar-refractivity contribution in [3.05, 3.63) is 62.1 Å². The summed E-state index contributed by atoms with van der Waals surface area (Å²) in [6.07, 6.45) is 0. The summed E-state index contributed by atoms with van der Waals surface area (Å²) in [7, 11) is 0. The Labute approximate surface area is 116 Å². The summed E-state index contributed by atoms with van der Waals surface area (Å²) >= 11 is 3.36. The zero-order valence-electron chi connectivity index (χ0n) is 9.50. The molecular weight excluding hydrogens is 312 g/mol. The van der Waals surface area contributed by atoms with E-state index in [9.17, 15) is 15.3 Å². The molecule has 0 aliphatic heterocycles. The van der Waals surface area contributed by atoms with E-state index in [1.54, 1.807) is 6.07 Å². The molecule has 6 heteroatoms. The van der Waals surface area contributed by atoms with Crippen molar-refractivity contribution in [2.45, 2.75) is 0 Å². The highest BCUT2D eigenvalue weighted by Crippen LogP contribution is 2.39. The van der Waals surface area contributed by atoms with Gasteiger partial charge in [0.15, 0.2) is 0 Å². The Balaban J connectivity index is 2.30. The molecule has 19 heavy (non-hydrogen) atoms. The van der Waals surface area contributed by atoms with Crippen LogP contribution in [0.2, 0.25) is 0 Å². The molecule has 0 bridgehead atoms. The lowest BCUT2D eigenvalue weighted by Crippen LogP contribution is -1.99. The van der Waals surface area contributed by atoms with Gasteiger partial charge in [-0.15, -0.1) is 0 Å². The zero-order valence-corrected chi connectivity index (χ0v) is 11.1. The first-order chi connectivity index (χ1) is 9.11. The molecule has 1 aliphatic carbocycles. The van der Waals surface area contributed by atoms with Crippen molar-refractivity contribution in [2.24, 2.45) is 5.16 Å². The Hall–Kier alpha value is -2.21. The highest BCUT2D eigenvalue weighted by molar-refractivity contribution is 9.10. The molecule has 0 radical (unpaired) electrons. The Kier molecular flexibility index (Phi) is 2.60. The van der Waals surface area contributed by atoms with Gasteiger partial charge in [-0.1, -0.05) is 27.2 Å². The van der Waals surface area contributed by atoms with Crippen molar-refractivity contribution in [2.75, 3.05) is 0 Å². The molecule has 0 spiro atoms. The lowest BCUT2D eigenvalue weighted by molar-refractivity contribution is -0.384. The van der Waals surface area contributed by atoms with E-state index in [1.807, 2.05) is 18.2 Å². The van der Waals surface area contributed by atoms with E-state index >= 15 is 0 Å². The minimum absolute atomic E-state index is 0.0215. The van der Waals surface area contributed by atoms with Crippen LogP contribution in [0, 0.1) is 10.1 Å². The molecule has 0 heterocycles. The molecular formula is C13H7BrN2O3. The van der Waals surface area contributed by atoms with Crippen LogP contribution in [0.4, 0.5) is 5.69 Å². The van der Waals surface area contributed by atoms with Gasteiger partial charge in [0, 0.05) is 27.7 Å². The number of benzene rings is 2. The number of fused-ring (bicyclic) bond motifs is 3. The van der Waals surface area contributed by atoms with Crippen LogP contribution in [-0.2, 0) is 0 Å². The quantitative estimate of drug-likeness (QED) is 0.423. The number of nitro benzene ring substituents is 1. The maximum atomic E-state index is 10.8. The molecule has 0 amide bonds. The normalized spacial score (nSPS) is 14.3. The number of hydrogen-bond acceptors (Lipinski definition) is 4. The largest absolute Gasteiger partial charge is 0.410 e. The molecule has 3 rings (SSSR count). The molecule has 1 aliphatic rings. The summed E-state index contributed by atoms with van der Waals surface area (Å²) in [4.78, 5) is 10.4. The van der Waals surface area contributed by atoms with E-state index in [0.717, 1.165) is 21.2 Å². The number of rotatable bonds is 1. The fourth-order valence-electron chi connectivity index (χ4n) is 2.28. The second-order valence-electron chi connectivity index (χ2n) is 4.13. The lowest BCUT2D eigenvalue weighted by Gasteiger charge is -1.99. The second kappa shape index (κ2) is 4.17. The van der Waals surface area contributed by atoms with Crippen molar-refractivity contribution in [3.63, 3.8) is 0 Å². The van der Waals surface area contributed by atoms with Crippen LogP contribution in [0.5, 0.6) is 0 Å². The number of nitro groups is 1. The Morgan fingerprint density at radius 1 is 1.05 bits per heavy atom. The Morgan fingerprint density at radius 3 is 2.32 bits per heavy atom. The highest BCUT2D eigenvalue weighted by Gasteiger charge is 2.27. The molecule has 2 aromatic rings. The first-order valence-corrected chi connectivity index (χ1v) is 6.22. The van der Waals surface area contributed by atoms with E-state index in [1.165, 1.54) is 12.1 Å². The van der Waals surface area contributed by atoms with Gasteiger partial charge < -0.3 is 5.21 Å². The van der Waals surface area contributed by atoms with E-state index in [-0.39, 0.29) is 5.69 Å². The van der Waals surface area contributed by atoms with E-state index < -0.39 is 4.92 Å². The van der Waals surface area contributed by atoms with Gasteiger partial charge in [0.05, 0.1) is 4.92 Å². The average Bonchev–Trinajstić information content (AvgIpc) is 2.70. The Morgan fingerprint density at radius 2 is 1.68 bits per heavy atom. The van der Waals surface area contributed by atoms with Gasteiger partial charge in [0.1, 0.15) is 5.71 Å². The molecule has 1 N–H and O–H groups in total. The summed E-state index contributed by atoms with van der Waals surface area (Å²) in [6.45, 7) is 0. The predicted molar refractivity (Wildman–Crippen MR) is 73.7 cm³/mol. The van der Waals surface area contributed by atoms with Gasteiger partial charge in [-0.25, -0.2) is 0 Å². The molecule has 2 aromatic carbocycles. The average molecular weight is 319 g/mol. The van der Waals surface area contributed by atoms with Gasteiger partial charge >= 0.3 is 0 Å². The fourth-order valence-corrected chi connectivity index (χ4v) is 2.64. The van der Waals surface area contributed by atoms with Crippen molar-refractivity contribution in [1.29, 1.82) is 0 Å². The standard InChI is InChI=1S/C13H7BrN2O3/c14-7-1-3-9-10-4-2-8(16(18)19)6-12(10)13(15-17)11(9)5-7/h1-6,17H/b15-13+. The number of non-ortho nitro benzene ring substituents is 1. The van der Waals surface area contributed by atoms with Crippen LogP contribution < -0.4 is 0 Å². The summed E-state index contributed by atoms with van der Waals surface area (Å²) in [5.41, 5.74) is 3.40. The van der Waals surface area contributed by atoms with E-state index in [4.69, 9.17) is 0 Å². The number of hydrogen-bond donors (Lipinski definition) is 1. The molecule has 0 atom stereocenters. The van der Waals surface area contributed by atoms with Gasteiger partial charge in [-0.05, 0) is 29.3 Å². The van der Waals surface area contributed by atoms with Gasteiger partial charge in [-0.2, -0.15) is 0 Å². The van der Waals surface area contributed by atoms with Crippen molar-refractivity contribution in [3.8, 4) is 11.1 Å². The zero-order chi connectivity index (χ0) is 13.6. The van der Waals surface area contributed by atoms with Crippen LogP contribution in [0.25, 0.3) is 11.1 Å².